The third-order valence-electron chi connectivity index (χ3n) is 4.58. The zero-order valence-corrected chi connectivity index (χ0v) is 16.6. The summed E-state index contributed by atoms with van der Waals surface area (Å²) in [6.45, 7) is 4.25. The van der Waals surface area contributed by atoms with Crippen LogP contribution in [0.25, 0.3) is 0 Å². The van der Waals surface area contributed by atoms with Crippen LogP contribution in [-0.4, -0.2) is 63.0 Å². The fourth-order valence-corrected chi connectivity index (χ4v) is 3.06. The van der Waals surface area contributed by atoms with Crippen molar-refractivity contribution in [2.24, 2.45) is 4.99 Å². The van der Waals surface area contributed by atoms with E-state index in [1.54, 1.807) is 6.92 Å². The molecule has 1 aliphatic heterocycles. The van der Waals surface area contributed by atoms with Gasteiger partial charge in [-0.25, -0.2) is 0 Å². The van der Waals surface area contributed by atoms with E-state index >= 15 is 0 Å². The fourth-order valence-electron chi connectivity index (χ4n) is 3.06. The van der Waals surface area contributed by atoms with E-state index in [0.717, 1.165) is 12.1 Å². The van der Waals surface area contributed by atoms with E-state index in [1.165, 1.54) is 12.1 Å². The van der Waals surface area contributed by atoms with Crippen LogP contribution in [0.15, 0.2) is 29.3 Å². The molecule has 2 rings (SSSR count). The fraction of sp³-hybridized carbons (Fsp3) is 0.632. The molecular weight excluding hydrogens is 414 g/mol. The van der Waals surface area contributed by atoms with Crippen molar-refractivity contribution < 1.29 is 31.1 Å². The molecule has 0 radical (unpaired) electrons. The van der Waals surface area contributed by atoms with E-state index < -0.39 is 24.3 Å². The van der Waals surface area contributed by atoms with Crippen molar-refractivity contribution in [1.82, 2.24) is 15.5 Å². The summed E-state index contributed by atoms with van der Waals surface area (Å²) >= 11 is 0. The minimum atomic E-state index is -4.42. The van der Waals surface area contributed by atoms with Crippen molar-refractivity contribution >= 4 is 5.96 Å². The van der Waals surface area contributed by atoms with E-state index in [2.05, 4.69) is 20.5 Å². The highest BCUT2D eigenvalue weighted by Crippen LogP contribution is 2.31. The quantitative estimate of drug-likeness (QED) is 0.387. The van der Waals surface area contributed by atoms with Gasteiger partial charge in [-0.05, 0) is 24.6 Å². The van der Waals surface area contributed by atoms with Gasteiger partial charge in [0.15, 0.2) is 5.96 Å². The van der Waals surface area contributed by atoms with Crippen LogP contribution >= 0.6 is 0 Å². The van der Waals surface area contributed by atoms with Gasteiger partial charge in [-0.3, -0.25) is 9.89 Å². The SMILES string of the molecule is CCNC(=NCC(c1ccc(C(F)(F)F)cc1)N1CCOCC1)NCCC(F)(F)F. The normalized spacial score (nSPS) is 17.6. The number of halogens is 6. The van der Waals surface area contributed by atoms with Gasteiger partial charge in [0.25, 0.3) is 0 Å². The smallest absolute Gasteiger partial charge is 0.379 e. The summed E-state index contributed by atoms with van der Waals surface area (Å²) in [7, 11) is 0. The summed E-state index contributed by atoms with van der Waals surface area (Å²) in [5, 5.41) is 5.53. The largest absolute Gasteiger partial charge is 0.416 e. The first kappa shape index (κ1) is 24.3. The molecule has 0 amide bonds. The number of benzene rings is 1. The highest BCUT2D eigenvalue weighted by atomic mass is 19.4. The molecule has 170 valence electrons. The van der Waals surface area contributed by atoms with E-state index in [0.29, 0.717) is 38.4 Å². The van der Waals surface area contributed by atoms with Crippen LogP contribution in [0.4, 0.5) is 26.3 Å². The van der Waals surface area contributed by atoms with Crippen LogP contribution in [0.2, 0.25) is 0 Å². The van der Waals surface area contributed by atoms with Crippen molar-refractivity contribution in [2.75, 3.05) is 45.9 Å². The maximum Gasteiger partial charge on any atom is 0.416 e. The van der Waals surface area contributed by atoms with Crippen molar-refractivity contribution in [1.29, 1.82) is 0 Å². The molecule has 0 aliphatic carbocycles. The number of aliphatic imine (C=N–C) groups is 1. The predicted octanol–water partition coefficient (Wildman–Crippen LogP) is 3.59. The van der Waals surface area contributed by atoms with Gasteiger partial charge in [0.1, 0.15) is 0 Å². The summed E-state index contributed by atoms with van der Waals surface area (Å²) in [5.41, 5.74) is -0.0857. The van der Waals surface area contributed by atoms with Crippen molar-refractivity contribution in [3.05, 3.63) is 35.4 Å². The van der Waals surface area contributed by atoms with Gasteiger partial charge in [0, 0.05) is 26.2 Å². The summed E-state index contributed by atoms with van der Waals surface area (Å²) in [6, 6.07) is 4.57. The molecule has 1 saturated heterocycles. The first-order valence-electron chi connectivity index (χ1n) is 9.68. The molecule has 0 spiro atoms. The lowest BCUT2D eigenvalue weighted by molar-refractivity contribution is -0.137. The van der Waals surface area contributed by atoms with Gasteiger partial charge in [-0.2, -0.15) is 26.3 Å². The van der Waals surface area contributed by atoms with Crippen molar-refractivity contribution in [3.63, 3.8) is 0 Å². The third-order valence-corrected chi connectivity index (χ3v) is 4.58. The Morgan fingerprint density at radius 2 is 1.70 bits per heavy atom. The number of ether oxygens (including phenoxy) is 1. The molecule has 0 aromatic heterocycles. The average Bonchev–Trinajstić information content (AvgIpc) is 2.67. The number of morpholine rings is 1. The average molecular weight is 440 g/mol. The van der Waals surface area contributed by atoms with Crippen molar-refractivity contribution in [2.45, 2.75) is 31.7 Å². The van der Waals surface area contributed by atoms with E-state index in [1.807, 2.05) is 0 Å². The molecular formula is C19H26F6N4O. The Hall–Kier alpha value is -2.01. The second-order valence-corrected chi connectivity index (χ2v) is 6.80. The van der Waals surface area contributed by atoms with Gasteiger partial charge in [-0.15, -0.1) is 0 Å². The van der Waals surface area contributed by atoms with Gasteiger partial charge in [-0.1, -0.05) is 12.1 Å². The lowest BCUT2D eigenvalue weighted by atomic mass is 10.0. The number of nitrogens with zero attached hydrogens (tertiary/aromatic N) is 2. The molecule has 30 heavy (non-hydrogen) atoms. The molecule has 5 nitrogen and oxygen atoms in total. The second-order valence-electron chi connectivity index (χ2n) is 6.80. The first-order chi connectivity index (χ1) is 14.1. The first-order valence-corrected chi connectivity index (χ1v) is 9.68. The molecule has 1 unspecified atom stereocenters. The second kappa shape index (κ2) is 10.9. The van der Waals surface area contributed by atoms with Crippen molar-refractivity contribution in [3.8, 4) is 0 Å². The van der Waals surface area contributed by atoms with Gasteiger partial charge >= 0.3 is 12.4 Å². The van der Waals surface area contributed by atoms with E-state index in [-0.39, 0.29) is 25.1 Å². The number of hydrogen-bond acceptors (Lipinski definition) is 3. The Morgan fingerprint density at radius 1 is 1.07 bits per heavy atom. The summed E-state index contributed by atoms with van der Waals surface area (Å²) < 4.78 is 81.1. The van der Waals surface area contributed by atoms with Crippen LogP contribution in [-0.2, 0) is 10.9 Å². The Kier molecular flexibility index (Phi) is 8.78. The molecule has 0 bridgehead atoms. The predicted molar refractivity (Wildman–Crippen MR) is 101 cm³/mol. The van der Waals surface area contributed by atoms with Crippen LogP contribution in [0.1, 0.15) is 30.5 Å². The number of guanidine groups is 1. The van der Waals surface area contributed by atoms with E-state index in [4.69, 9.17) is 4.74 Å². The molecule has 1 heterocycles. The van der Waals surface area contributed by atoms with E-state index in [9.17, 15) is 26.3 Å². The zero-order valence-electron chi connectivity index (χ0n) is 16.6. The highest BCUT2D eigenvalue weighted by Gasteiger charge is 2.31. The van der Waals surface area contributed by atoms with Crippen LogP contribution in [0.3, 0.4) is 0 Å². The molecule has 2 N–H and O–H groups in total. The van der Waals surface area contributed by atoms with Crippen LogP contribution < -0.4 is 10.6 Å². The maximum atomic E-state index is 12.9. The summed E-state index contributed by atoms with van der Waals surface area (Å²) in [6.07, 6.45) is -9.70. The summed E-state index contributed by atoms with van der Waals surface area (Å²) in [5.74, 6) is 0.229. The number of alkyl halides is 6. The Morgan fingerprint density at radius 3 is 2.23 bits per heavy atom. The number of rotatable bonds is 7. The van der Waals surface area contributed by atoms with Crippen LogP contribution in [0, 0.1) is 0 Å². The molecule has 1 aliphatic rings. The lowest BCUT2D eigenvalue weighted by Crippen LogP contribution is -2.42. The Bertz CT molecular complexity index is 669. The Labute approximate surface area is 171 Å². The molecule has 11 heteroatoms. The van der Waals surface area contributed by atoms with Gasteiger partial charge < -0.3 is 15.4 Å². The molecule has 1 aromatic carbocycles. The zero-order chi connectivity index (χ0) is 22.2. The molecule has 1 fully saturated rings. The monoisotopic (exact) mass is 440 g/mol. The molecule has 1 aromatic rings. The maximum absolute atomic E-state index is 12.9. The van der Waals surface area contributed by atoms with Gasteiger partial charge in [0.2, 0.25) is 0 Å². The minimum absolute atomic E-state index is 0.173. The molecule has 0 saturated carbocycles. The molecule has 1 atom stereocenters. The standard InChI is InChI=1S/C19H26F6N4O/c1-2-26-17(27-8-7-18(20,21)22)28-13-16(29-9-11-30-12-10-29)14-3-5-15(6-4-14)19(23,24)25/h3-6,16H,2,7-13H2,1H3,(H2,26,27,28). The number of hydrogen-bond donors (Lipinski definition) is 2. The lowest BCUT2D eigenvalue weighted by Gasteiger charge is -2.34. The highest BCUT2D eigenvalue weighted by molar-refractivity contribution is 5.79. The van der Waals surface area contributed by atoms with Gasteiger partial charge in [0.05, 0.1) is 37.8 Å². The Balaban J connectivity index is 2.16. The third kappa shape index (κ3) is 8.02. The van der Waals surface area contributed by atoms with Crippen LogP contribution in [0.5, 0.6) is 0 Å². The number of nitrogens with one attached hydrogen (secondary N) is 2. The summed E-state index contributed by atoms with van der Waals surface area (Å²) in [4.78, 5) is 6.43. The topological polar surface area (TPSA) is 48.9 Å². The minimum Gasteiger partial charge on any atom is -0.379 e.